The van der Waals surface area contributed by atoms with E-state index in [4.69, 9.17) is 0 Å². The van der Waals surface area contributed by atoms with Gasteiger partial charge in [0.05, 0.1) is 0 Å². The summed E-state index contributed by atoms with van der Waals surface area (Å²) >= 11 is -0.168. The average Bonchev–Trinajstić information content (AvgIpc) is 2.64. The summed E-state index contributed by atoms with van der Waals surface area (Å²) in [6, 6.07) is 5.84. The first-order valence-corrected chi connectivity index (χ1v) is 9.70. The molecule has 4 nitrogen and oxygen atoms in total. The smallest absolute Gasteiger partial charge is 0.356 e. The Morgan fingerprint density at radius 2 is 1.85 bits per heavy atom. The van der Waals surface area contributed by atoms with E-state index in [0.29, 0.717) is 38.0 Å². The summed E-state index contributed by atoms with van der Waals surface area (Å²) in [5.74, 6) is -0.157. The number of nitrogens with zero attached hydrogens (tertiary/aromatic N) is 1. The van der Waals surface area contributed by atoms with Crippen molar-refractivity contribution in [1.29, 1.82) is 0 Å². The number of benzene rings is 1. The molecule has 8 heteroatoms. The van der Waals surface area contributed by atoms with Gasteiger partial charge in [-0.25, -0.2) is 0 Å². The van der Waals surface area contributed by atoms with Gasteiger partial charge in [0.25, 0.3) is 0 Å². The lowest BCUT2D eigenvalue weighted by molar-refractivity contribution is -0.132. The average molecular weight is 400 g/mol. The van der Waals surface area contributed by atoms with Crippen molar-refractivity contribution >= 4 is 29.7 Å². The number of likely N-dealkylation sites (tertiary alicyclic amines) is 1. The van der Waals surface area contributed by atoms with Crippen molar-refractivity contribution < 1.29 is 22.8 Å². The van der Waals surface area contributed by atoms with Crippen LogP contribution in [0.4, 0.5) is 13.2 Å². The number of hydrogen-bond donors (Lipinski definition) is 1. The number of nitrogens with one attached hydrogen (secondary N) is 1. The van der Waals surface area contributed by atoms with Crippen molar-refractivity contribution in [3.05, 3.63) is 35.9 Å². The number of halogens is 3. The molecule has 1 aromatic rings. The van der Waals surface area contributed by atoms with Crippen LogP contribution in [0.3, 0.4) is 0 Å². The van der Waals surface area contributed by atoms with Crippen molar-refractivity contribution in [2.75, 3.05) is 19.6 Å². The monoisotopic (exact) mass is 400 g/mol. The number of carbonyl (C=O) groups is 2. The number of thioether (sulfide) groups is 1. The summed E-state index contributed by atoms with van der Waals surface area (Å²) < 4.78 is 36.9. The van der Waals surface area contributed by atoms with Gasteiger partial charge in [0, 0.05) is 36.5 Å². The Bertz CT molecular complexity index is 667. The molecule has 27 heavy (non-hydrogen) atoms. The predicted molar refractivity (Wildman–Crippen MR) is 100.0 cm³/mol. The van der Waals surface area contributed by atoms with E-state index in [2.05, 4.69) is 5.32 Å². The highest BCUT2D eigenvalue weighted by Gasteiger charge is 2.29. The third-order valence-electron chi connectivity index (χ3n) is 4.26. The van der Waals surface area contributed by atoms with Crippen molar-refractivity contribution in [1.82, 2.24) is 10.2 Å². The molecule has 0 spiro atoms. The minimum atomic E-state index is -4.31. The summed E-state index contributed by atoms with van der Waals surface area (Å²) in [5, 5.41) is 2.88. The standard InChI is InChI=1S/C19H23F3N2O2S/c1-2-11-23-18(26)15-9-12-24(13-10-15)17(25)8-5-14-3-6-16(7-4-14)27-19(20,21)22/h3-8,15H,2,9-13H2,1H3,(H,23,26)/b8-5+. The first-order chi connectivity index (χ1) is 12.8. The maximum absolute atomic E-state index is 12.3. The second-order valence-electron chi connectivity index (χ2n) is 6.34. The molecule has 1 aromatic carbocycles. The normalized spacial score (nSPS) is 15.9. The highest BCUT2D eigenvalue weighted by Crippen LogP contribution is 2.36. The van der Waals surface area contributed by atoms with E-state index in [1.807, 2.05) is 6.92 Å². The van der Waals surface area contributed by atoms with Crippen LogP contribution < -0.4 is 5.32 Å². The molecule has 1 heterocycles. The van der Waals surface area contributed by atoms with Crippen LogP contribution in [0.25, 0.3) is 6.08 Å². The van der Waals surface area contributed by atoms with Crippen LogP contribution in [0.5, 0.6) is 0 Å². The largest absolute Gasteiger partial charge is 0.446 e. The fourth-order valence-corrected chi connectivity index (χ4v) is 3.35. The topological polar surface area (TPSA) is 49.4 Å². The number of alkyl halides is 3. The Kier molecular flexibility index (Phi) is 7.77. The first kappa shape index (κ1) is 21.3. The van der Waals surface area contributed by atoms with Crippen LogP contribution >= 0.6 is 11.8 Å². The molecule has 0 aromatic heterocycles. The summed E-state index contributed by atoms with van der Waals surface area (Å²) in [4.78, 5) is 26.0. The van der Waals surface area contributed by atoms with E-state index in [1.165, 1.54) is 18.2 Å². The molecule has 0 unspecified atom stereocenters. The zero-order valence-electron chi connectivity index (χ0n) is 15.1. The zero-order chi connectivity index (χ0) is 19.9. The summed E-state index contributed by atoms with van der Waals surface area (Å²) in [6.45, 7) is 3.71. The van der Waals surface area contributed by atoms with Gasteiger partial charge in [0.1, 0.15) is 0 Å². The Morgan fingerprint density at radius 1 is 1.22 bits per heavy atom. The Balaban J connectivity index is 1.82. The van der Waals surface area contributed by atoms with Crippen molar-refractivity contribution in [2.24, 2.45) is 5.92 Å². The second-order valence-corrected chi connectivity index (χ2v) is 7.48. The first-order valence-electron chi connectivity index (χ1n) is 8.89. The van der Waals surface area contributed by atoms with E-state index in [-0.39, 0.29) is 34.4 Å². The Labute approximate surface area is 161 Å². The SMILES string of the molecule is CCCNC(=O)C1CCN(C(=O)/C=C/c2ccc(SC(F)(F)F)cc2)CC1. The molecule has 1 aliphatic heterocycles. The number of amides is 2. The molecule has 2 rings (SSSR count). The Morgan fingerprint density at radius 3 is 2.41 bits per heavy atom. The van der Waals surface area contributed by atoms with Crippen LogP contribution in [-0.4, -0.2) is 41.9 Å². The highest BCUT2D eigenvalue weighted by atomic mass is 32.2. The van der Waals surface area contributed by atoms with Gasteiger partial charge in [-0.05, 0) is 54.8 Å². The second kappa shape index (κ2) is 9.82. The molecule has 148 valence electrons. The molecule has 0 aliphatic carbocycles. The number of hydrogen-bond acceptors (Lipinski definition) is 3. The van der Waals surface area contributed by atoms with E-state index in [1.54, 1.807) is 23.1 Å². The van der Waals surface area contributed by atoms with Crippen LogP contribution in [0.15, 0.2) is 35.2 Å². The molecular formula is C19H23F3N2O2S. The predicted octanol–water partition coefficient (Wildman–Crippen LogP) is 4.08. The molecule has 1 N–H and O–H groups in total. The lowest BCUT2D eigenvalue weighted by Gasteiger charge is -2.30. The molecule has 1 aliphatic rings. The van der Waals surface area contributed by atoms with Crippen molar-refractivity contribution in [3.63, 3.8) is 0 Å². The molecule has 2 amide bonds. The van der Waals surface area contributed by atoms with E-state index in [0.717, 1.165) is 6.42 Å². The van der Waals surface area contributed by atoms with Gasteiger partial charge in [-0.3, -0.25) is 9.59 Å². The third kappa shape index (κ3) is 7.28. The quantitative estimate of drug-likeness (QED) is 0.578. The summed E-state index contributed by atoms with van der Waals surface area (Å²) in [6.07, 6.45) is 5.18. The highest BCUT2D eigenvalue weighted by molar-refractivity contribution is 8.00. The van der Waals surface area contributed by atoms with Crippen LogP contribution in [-0.2, 0) is 9.59 Å². The molecule has 0 atom stereocenters. The zero-order valence-corrected chi connectivity index (χ0v) is 15.9. The number of rotatable bonds is 6. The van der Waals surface area contributed by atoms with Crippen LogP contribution in [0.1, 0.15) is 31.7 Å². The fraction of sp³-hybridized carbons (Fsp3) is 0.474. The lowest BCUT2D eigenvalue weighted by Crippen LogP contribution is -2.42. The van der Waals surface area contributed by atoms with Gasteiger partial charge < -0.3 is 10.2 Å². The number of carbonyl (C=O) groups excluding carboxylic acids is 2. The molecule has 1 fully saturated rings. The van der Waals surface area contributed by atoms with Gasteiger partial charge in [-0.2, -0.15) is 13.2 Å². The van der Waals surface area contributed by atoms with Crippen molar-refractivity contribution in [3.8, 4) is 0 Å². The van der Waals surface area contributed by atoms with Gasteiger partial charge in [0.2, 0.25) is 11.8 Å². The summed E-state index contributed by atoms with van der Waals surface area (Å²) in [5.41, 5.74) is -3.66. The van der Waals surface area contributed by atoms with Gasteiger partial charge in [0.15, 0.2) is 0 Å². The molecular weight excluding hydrogens is 377 g/mol. The maximum atomic E-state index is 12.3. The van der Waals surface area contributed by atoms with Crippen LogP contribution in [0, 0.1) is 5.92 Å². The minimum absolute atomic E-state index is 0.0521. The lowest BCUT2D eigenvalue weighted by atomic mass is 9.96. The van der Waals surface area contributed by atoms with Crippen molar-refractivity contribution in [2.45, 2.75) is 36.6 Å². The molecule has 0 saturated carbocycles. The summed E-state index contributed by atoms with van der Waals surface area (Å²) in [7, 11) is 0. The van der Waals surface area contributed by atoms with Crippen LogP contribution in [0.2, 0.25) is 0 Å². The third-order valence-corrected chi connectivity index (χ3v) is 5.00. The Hall–Kier alpha value is -1.96. The molecule has 0 bridgehead atoms. The molecule has 1 saturated heterocycles. The molecule has 0 radical (unpaired) electrons. The van der Waals surface area contributed by atoms with Gasteiger partial charge in [-0.1, -0.05) is 19.1 Å². The van der Waals surface area contributed by atoms with E-state index < -0.39 is 5.51 Å². The number of piperidine rings is 1. The van der Waals surface area contributed by atoms with E-state index >= 15 is 0 Å². The fourth-order valence-electron chi connectivity index (χ4n) is 2.81. The minimum Gasteiger partial charge on any atom is -0.356 e. The van der Waals surface area contributed by atoms with Gasteiger partial charge in [-0.15, -0.1) is 0 Å². The maximum Gasteiger partial charge on any atom is 0.446 e. The van der Waals surface area contributed by atoms with E-state index in [9.17, 15) is 22.8 Å². The van der Waals surface area contributed by atoms with Gasteiger partial charge >= 0.3 is 5.51 Å².